The zero-order valence-electron chi connectivity index (χ0n) is 13.4. The van der Waals surface area contributed by atoms with Gasteiger partial charge in [-0.15, -0.1) is 0 Å². The van der Waals surface area contributed by atoms with Crippen LogP contribution in [0.2, 0.25) is 0 Å². The molecule has 134 valence electrons. The molecule has 0 spiro atoms. The van der Waals surface area contributed by atoms with E-state index in [1.54, 1.807) is 6.07 Å². The molecule has 0 aliphatic rings. The number of benzene rings is 2. The molecule has 3 rings (SSSR count). The first-order valence-electron chi connectivity index (χ1n) is 7.32. The van der Waals surface area contributed by atoms with Crippen LogP contribution in [-0.4, -0.2) is 21.1 Å². The van der Waals surface area contributed by atoms with Gasteiger partial charge in [-0.25, -0.2) is 12.8 Å². The Balaban J connectivity index is 2.36. The molecule has 26 heavy (non-hydrogen) atoms. The summed E-state index contributed by atoms with van der Waals surface area (Å²) in [7, 11) is -3.67. The maximum absolute atomic E-state index is 14.3. The van der Waals surface area contributed by atoms with Gasteiger partial charge >= 0.3 is 0 Å². The van der Waals surface area contributed by atoms with Gasteiger partial charge in [0.1, 0.15) is 23.4 Å². The van der Waals surface area contributed by atoms with Gasteiger partial charge in [0.2, 0.25) is 21.9 Å². The molecule has 0 fully saturated rings. The van der Waals surface area contributed by atoms with Gasteiger partial charge in [-0.05, 0) is 12.1 Å². The molecular weight excluding hydrogens is 363 g/mol. The quantitative estimate of drug-likeness (QED) is 0.666. The molecule has 1 amide bonds. The molecule has 0 aliphatic carbocycles. The van der Waals surface area contributed by atoms with E-state index < -0.39 is 21.3 Å². The maximum Gasteiger partial charge on any atom is 0.229 e. The Morgan fingerprint density at radius 1 is 1.12 bits per heavy atom. The number of nitrogens with one attached hydrogen (secondary N) is 2. The van der Waals surface area contributed by atoms with E-state index in [-0.39, 0.29) is 33.5 Å². The molecule has 0 saturated heterocycles. The molecule has 9 heteroatoms. The van der Waals surface area contributed by atoms with Crippen LogP contribution in [-0.2, 0) is 14.8 Å². The van der Waals surface area contributed by atoms with E-state index in [0.717, 1.165) is 12.5 Å². The summed E-state index contributed by atoms with van der Waals surface area (Å²) in [5.41, 5.74) is -0.218. The van der Waals surface area contributed by atoms with Crippen molar-refractivity contribution >= 4 is 38.8 Å². The Bertz CT molecular complexity index is 1170. The number of hydrogen-bond acceptors (Lipinski definition) is 5. The number of carbonyl (C=O) groups excluding carboxylic acids is 1. The van der Waals surface area contributed by atoms with E-state index in [1.807, 2.05) is 0 Å². The summed E-state index contributed by atoms with van der Waals surface area (Å²) >= 11 is 0. The Hall–Kier alpha value is -3.20. The number of sulfonamides is 1. The van der Waals surface area contributed by atoms with Crippen LogP contribution in [0.15, 0.2) is 51.9 Å². The topological polar surface area (TPSA) is 105 Å². The van der Waals surface area contributed by atoms with Gasteiger partial charge in [0.05, 0.1) is 17.3 Å². The Morgan fingerprint density at radius 3 is 2.50 bits per heavy atom. The fourth-order valence-electron chi connectivity index (χ4n) is 2.53. The van der Waals surface area contributed by atoms with Crippen LogP contribution in [0.5, 0.6) is 0 Å². The molecule has 1 aromatic heterocycles. The van der Waals surface area contributed by atoms with Crippen molar-refractivity contribution in [3.8, 4) is 11.1 Å². The highest BCUT2D eigenvalue weighted by Crippen LogP contribution is 2.34. The summed E-state index contributed by atoms with van der Waals surface area (Å²) in [4.78, 5) is 23.1. The van der Waals surface area contributed by atoms with Crippen LogP contribution in [0.1, 0.15) is 0 Å². The largest absolute Gasteiger partial charge is 0.462 e. The molecule has 2 aromatic carbocycles. The van der Waals surface area contributed by atoms with E-state index in [0.29, 0.717) is 6.41 Å². The molecule has 0 aliphatic heterocycles. The van der Waals surface area contributed by atoms with E-state index in [2.05, 4.69) is 10.0 Å². The number of rotatable bonds is 5. The molecule has 1 heterocycles. The van der Waals surface area contributed by atoms with Crippen molar-refractivity contribution in [1.29, 1.82) is 0 Å². The standard InChI is InChI=1S/C17H13FN2O5S/c1-26(23,24)20-14-7-16-12(17(22)15(8-25-16)19-9-21)6-11(14)10-4-2-3-5-13(10)18/h2-9,20H,1H3,(H,19,21). The van der Waals surface area contributed by atoms with E-state index in [1.165, 1.54) is 30.3 Å². The van der Waals surface area contributed by atoms with Crippen LogP contribution in [0.3, 0.4) is 0 Å². The van der Waals surface area contributed by atoms with E-state index in [9.17, 15) is 22.4 Å². The van der Waals surface area contributed by atoms with Crippen molar-refractivity contribution < 1.29 is 22.0 Å². The Labute approximate surface area is 147 Å². The molecular formula is C17H13FN2O5S. The lowest BCUT2D eigenvalue weighted by atomic mass is 10.0. The van der Waals surface area contributed by atoms with Crippen molar-refractivity contribution in [3.05, 3.63) is 58.7 Å². The van der Waals surface area contributed by atoms with Crippen molar-refractivity contribution in [2.75, 3.05) is 16.3 Å². The van der Waals surface area contributed by atoms with Gasteiger partial charge in [-0.3, -0.25) is 14.3 Å². The Kier molecular flexibility index (Phi) is 4.47. The normalized spacial score (nSPS) is 11.3. The highest BCUT2D eigenvalue weighted by molar-refractivity contribution is 7.92. The minimum Gasteiger partial charge on any atom is -0.462 e. The zero-order chi connectivity index (χ0) is 18.9. The van der Waals surface area contributed by atoms with Crippen molar-refractivity contribution in [2.24, 2.45) is 0 Å². The van der Waals surface area contributed by atoms with Crippen molar-refractivity contribution in [3.63, 3.8) is 0 Å². The van der Waals surface area contributed by atoms with E-state index in [4.69, 9.17) is 4.42 Å². The predicted octanol–water partition coefficient (Wildman–Crippen LogP) is 2.54. The second kappa shape index (κ2) is 6.60. The fraction of sp³-hybridized carbons (Fsp3) is 0.0588. The van der Waals surface area contributed by atoms with Gasteiger partial charge in [0.25, 0.3) is 0 Å². The first-order chi connectivity index (χ1) is 12.3. The van der Waals surface area contributed by atoms with Crippen LogP contribution in [0.4, 0.5) is 15.8 Å². The zero-order valence-corrected chi connectivity index (χ0v) is 14.3. The molecule has 3 aromatic rings. The molecule has 7 nitrogen and oxygen atoms in total. The molecule has 0 saturated carbocycles. The van der Waals surface area contributed by atoms with Crippen molar-refractivity contribution in [1.82, 2.24) is 0 Å². The van der Waals surface area contributed by atoms with Gasteiger partial charge in [-0.2, -0.15) is 0 Å². The Morgan fingerprint density at radius 2 is 1.85 bits per heavy atom. The molecule has 0 radical (unpaired) electrons. The predicted molar refractivity (Wildman–Crippen MR) is 96.0 cm³/mol. The molecule has 0 unspecified atom stereocenters. The lowest BCUT2D eigenvalue weighted by Gasteiger charge is -2.13. The van der Waals surface area contributed by atoms with Crippen LogP contribution < -0.4 is 15.5 Å². The third-order valence-electron chi connectivity index (χ3n) is 3.59. The first-order valence-corrected chi connectivity index (χ1v) is 9.22. The van der Waals surface area contributed by atoms with Crippen LogP contribution in [0, 0.1) is 5.82 Å². The van der Waals surface area contributed by atoms with Gasteiger partial charge in [-0.1, -0.05) is 18.2 Å². The van der Waals surface area contributed by atoms with Crippen molar-refractivity contribution in [2.45, 2.75) is 0 Å². The average Bonchev–Trinajstić information content (AvgIpc) is 2.57. The SMILES string of the molecule is CS(=O)(=O)Nc1cc2occ(NC=O)c(=O)c2cc1-c1ccccc1F. The monoisotopic (exact) mass is 376 g/mol. The first kappa shape index (κ1) is 17.6. The molecule has 0 atom stereocenters. The minimum atomic E-state index is -3.67. The number of hydrogen-bond donors (Lipinski definition) is 2. The summed E-state index contributed by atoms with van der Waals surface area (Å²) < 4.78 is 45.2. The smallest absolute Gasteiger partial charge is 0.229 e. The number of amides is 1. The summed E-state index contributed by atoms with van der Waals surface area (Å²) in [5, 5.41) is 2.28. The third kappa shape index (κ3) is 3.42. The number of carbonyl (C=O) groups is 1. The summed E-state index contributed by atoms with van der Waals surface area (Å²) in [6, 6.07) is 8.37. The van der Waals surface area contributed by atoms with Gasteiger partial charge in [0, 0.05) is 17.2 Å². The average molecular weight is 376 g/mol. The third-order valence-corrected chi connectivity index (χ3v) is 4.18. The molecule has 2 N–H and O–H groups in total. The lowest BCUT2D eigenvalue weighted by molar-refractivity contribution is -0.105. The highest BCUT2D eigenvalue weighted by atomic mass is 32.2. The highest BCUT2D eigenvalue weighted by Gasteiger charge is 2.17. The fourth-order valence-corrected chi connectivity index (χ4v) is 3.09. The summed E-state index contributed by atoms with van der Waals surface area (Å²) in [6.07, 6.45) is 2.33. The van der Waals surface area contributed by atoms with Gasteiger partial charge in [0.15, 0.2) is 0 Å². The van der Waals surface area contributed by atoms with Gasteiger partial charge < -0.3 is 9.73 Å². The van der Waals surface area contributed by atoms with Crippen LogP contribution in [0.25, 0.3) is 22.1 Å². The number of halogens is 1. The van der Waals surface area contributed by atoms with Crippen LogP contribution >= 0.6 is 0 Å². The lowest BCUT2D eigenvalue weighted by Crippen LogP contribution is -2.13. The molecule has 0 bridgehead atoms. The summed E-state index contributed by atoms with van der Waals surface area (Å²) in [5.74, 6) is -0.588. The second-order valence-electron chi connectivity index (χ2n) is 5.49. The maximum atomic E-state index is 14.3. The second-order valence-corrected chi connectivity index (χ2v) is 7.24. The number of anilines is 2. The summed E-state index contributed by atoms with van der Waals surface area (Å²) in [6.45, 7) is 0. The van der Waals surface area contributed by atoms with E-state index >= 15 is 0 Å². The number of fused-ring (bicyclic) bond motifs is 1. The minimum absolute atomic E-state index is 0.0596.